The van der Waals surface area contributed by atoms with Gasteiger partial charge in [0.05, 0.1) is 12.8 Å². The van der Waals surface area contributed by atoms with Gasteiger partial charge in [-0.05, 0) is 30.7 Å². The summed E-state index contributed by atoms with van der Waals surface area (Å²) in [7, 11) is 3.38. The average molecular weight is 409 g/mol. The van der Waals surface area contributed by atoms with Crippen LogP contribution in [-0.4, -0.2) is 20.1 Å². The summed E-state index contributed by atoms with van der Waals surface area (Å²) in [5, 5.41) is 0.810. The molecule has 0 fully saturated rings. The van der Waals surface area contributed by atoms with Crippen LogP contribution in [0.5, 0.6) is 11.5 Å². The molecule has 0 radical (unpaired) electrons. The van der Waals surface area contributed by atoms with Crippen LogP contribution in [0.15, 0.2) is 57.7 Å². The number of nitrogens with zero attached hydrogens (tertiary/aromatic N) is 1. The van der Waals surface area contributed by atoms with Crippen molar-refractivity contribution in [2.24, 2.45) is 0 Å². The van der Waals surface area contributed by atoms with Crippen LogP contribution in [0, 0.1) is 0 Å². The van der Waals surface area contributed by atoms with E-state index >= 15 is 0 Å². The number of para-hydroxylation sites is 1. The molecule has 0 aliphatic rings. The molecule has 0 bridgehead atoms. The van der Waals surface area contributed by atoms with E-state index in [4.69, 9.17) is 13.9 Å². The van der Waals surface area contributed by atoms with Crippen LogP contribution < -0.4 is 20.0 Å². The Morgan fingerprint density at radius 1 is 1.03 bits per heavy atom. The highest BCUT2D eigenvalue weighted by Crippen LogP contribution is 2.36. The fourth-order valence-electron chi connectivity index (χ4n) is 3.33. The zero-order chi connectivity index (χ0) is 21.5. The smallest absolute Gasteiger partial charge is 0.338 e. The Hall–Kier alpha value is -3.28. The van der Waals surface area contributed by atoms with Gasteiger partial charge in [0.1, 0.15) is 5.58 Å². The van der Waals surface area contributed by atoms with Crippen LogP contribution in [0.4, 0.5) is 11.4 Å². The Morgan fingerprint density at radius 2 is 1.83 bits per heavy atom. The highest BCUT2D eigenvalue weighted by atomic mass is 16.6. The fraction of sp³-hybridized carbons (Fsp3) is 0.333. The van der Waals surface area contributed by atoms with Crippen LogP contribution in [-0.2, 0) is 4.79 Å². The van der Waals surface area contributed by atoms with Crippen molar-refractivity contribution < 1.29 is 18.7 Å². The Bertz CT molecular complexity index is 1070. The van der Waals surface area contributed by atoms with Crippen molar-refractivity contribution in [1.82, 2.24) is 0 Å². The summed E-state index contributed by atoms with van der Waals surface area (Å²) in [5.74, 6) is 0.552. The Balaban J connectivity index is 1.87. The number of anilines is 2. The molecule has 3 aromatic rings. The van der Waals surface area contributed by atoms with Gasteiger partial charge >= 0.3 is 11.6 Å². The number of esters is 1. The van der Waals surface area contributed by atoms with Gasteiger partial charge in [0.2, 0.25) is 0 Å². The molecule has 0 amide bonds. The van der Waals surface area contributed by atoms with Crippen molar-refractivity contribution >= 4 is 28.3 Å². The first-order valence-electron chi connectivity index (χ1n) is 10.2. The normalized spacial score (nSPS) is 10.8. The molecular formula is C24H27NO5. The van der Waals surface area contributed by atoms with Gasteiger partial charge < -0.3 is 18.8 Å². The molecule has 0 aliphatic heterocycles. The summed E-state index contributed by atoms with van der Waals surface area (Å²) in [4.78, 5) is 26.1. The second kappa shape index (κ2) is 9.96. The standard InChI is InChI=1S/C24H27NO5/c1-4-5-6-7-12-23(26)30-22-15-17(13-14-21(22)28-3)25(2)19-16-24(27)29-20-11-9-8-10-18(19)20/h8-11,13-16H,4-7,12H2,1-3H3. The lowest BCUT2D eigenvalue weighted by Crippen LogP contribution is -2.14. The number of hydrogen-bond acceptors (Lipinski definition) is 6. The number of hydrogen-bond donors (Lipinski definition) is 0. The van der Waals surface area contributed by atoms with Crippen molar-refractivity contribution in [3.8, 4) is 11.5 Å². The molecule has 2 aromatic carbocycles. The van der Waals surface area contributed by atoms with Gasteiger partial charge in [-0.15, -0.1) is 0 Å². The maximum atomic E-state index is 12.3. The van der Waals surface area contributed by atoms with Crippen LogP contribution in [0.1, 0.15) is 39.0 Å². The van der Waals surface area contributed by atoms with Crippen LogP contribution in [0.2, 0.25) is 0 Å². The summed E-state index contributed by atoms with van der Waals surface area (Å²) in [6, 6.07) is 14.1. The zero-order valence-corrected chi connectivity index (χ0v) is 17.6. The van der Waals surface area contributed by atoms with E-state index in [0.717, 1.165) is 36.8 Å². The topological polar surface area (TPSA) is 69.0 Å². The zero-order valence-electron chi connectivity index (χ0n) is 17.6. The van der Waals surface area contributed by atoms with Gasteiger partial charge in [0.15, 0.2) is 11.5 Å². The number of methoxy groups -OCH3 is 1. The number of ether oxygens (including phenoxy) is 2. The van der Waals surface area contributed by atoms with E-state index in [1.165, 1.54) is 13.2 Å². The third-order valence-corrected chi connectivity index (χ3v) is 4.98. The molecule has 0 atom stereocenters. The molecule has 1 heterocycles. The number of carbonyl (C=O) groups excluding carboxylic acids is 1. The van der Waals surface area contributed by atoms with Gasteiger partial charge in [0, 0.05) is 36.7 Å². The average Bonchev–Trinajstić information content (AvgIpc) is 2.75. The second-order valence-electron chi connectivity index (χ2n) is 7.13. The van der Waals surface area contributed by atoms with Gasteiger partial charge in [-0.25, -0.2) is 4.79 Å². The molecule has 6 heteroatoms. The largest absolute Gasteiger partial charge is 0.493 e. The lowest BCUT2D eigenvalue weighted by atomic mass is 10.1. The monoisotopic (exact) mass is 409 g/mol. The molecule has 0 spiro atoms. The van der Waals surface area contributed by atoms with E-state index in [9.17, 15) is 9.59 Å². The molecule has 1 aromatic heterocycles. The second-order valence-corrected chi connectivity index (χ2v) is 7.13. The lowest BCUT2D eigenvalue weighted by Gasteiger charge is -2.22. The Kier molecular flexibility index (Phi) is 7.12. The number of benzene rings is 2. The molecule has 0 saturated heterocycles. The summed E-state index contributed by atoms with van der Waals surface area (Å²) in [6.07, 6.45) is 4.41. The first-order chi connectivity index (χ1) is 14.5. The quantitative estimate of drug-likeness (QED) is 0.203. The minimum absolute atomic E-state index is 0.282. The molecular weight excluding hydrogens is 382 g/mol. The lowest BCUT2D eigenvalue weighted by molar-refractivity contribution is -0.134. The molecule has 158 valence electrons. The van der Waals surface area contributed by atoms with Crippen molar-refractivity contribution in [2.75, 3.05) is 19.1 Å². The molecule has 0 unspecified atom stereocenters. The minimum Gasteiger partial charge on any atom is -0.493 e. The summed E-state index contributed by atoms with van der Waals surface area (Å²) in [6.45, 7) is 2.13. The third kappa shape index (κ3) is 5.00. The highest BCUT2D eigenvalue weighted by Gasteiger charge is 2.16. The van der Waals surface area contributed by atoms with Crippen molar-refractivity contribution in [3.05, 3.63) is 59.0 Å². The first kappa shape index (κ1) is 21.4. The molecule has 0 N–H and O–H groups in total. The van der Waals surface area contributed by atoms with Crippen LogP contribution in [0.25, 0.3) is 11.0 Å². The van der Waals surface area contributed by atoms with Gasteiger partial charge in [-0.2, -0.15) is 0 Å². The highest BCUT2D eigenvalue weighted by molar-refractivity contribution is 5.92. The third-order valence-electron chi connectivity index (χ3n) is 4.98. The van der Waals surface area contributed by atoms with Crippen LogP contribution >= 0.6 is 0 Å². The van der Waals surface area contributed by atoms with E-state index < -0.39 is 5.63 Å². The number of carbonyl (C=O) groups is 1. The van der Waals surface area contributed by atoms with Crippen molar-refractivity contribution in [2.45, 2.75) is 39.0 Å². The van der Waals surface area contributed by atoms with Crippen molar-refractivity contribution in [3.63, 3.8) is 0 Å². The predicted octanol–water partition coefficient (Wildman–Crippen LogP) is 5.45. The number of unbranched alkanes of at least 4 members (excludes halogenated alkanes) is 3. The molecule has 3 rings (SSSR count). The Labute approximate surface area is 176 Å². The summed E-state index contributed by atoms with van der Waals surface area (Å²) in [5.41, 5.74) is 1.53. The summed E-state index contributed by atoms with van der Waals surface area (Å²) < 4.78 is 16.2. The molecule has 0 aliphatic carbocycles. The summed E-state index contributed by atoms with van der Waals surface area (Å²) >= 11 is 0. The van der Waals surface area contributed by atoms with E-state index in [0.29, 0.717) is 29.2 Å². The Morgan fingerprint density at radius 3 is 2.60 bits per heavy atom. The maximum absolute atomic E-state index is 12.3. The van der Waals surface area contributed by atoms with E-state index in [1.807, 2.05) is 36.2 Å². The van der Waals surface area contributed by atoms with E-state index in [-0.39, 0.29) is 5.97 Å². The van der Waals surface area contributed by atoms with Crippen LogP contribution in [0.3, 0.4) is 0 Å². The van der Waals surface area contributed by atoms with Crippen molar-refractivity contribution in [1.29, 1.82) is 0 Å². The molecule has 30 heavy (non-hydrogen) atoms. The fourth-order valence-corrected chi connectivity index (χ4v) is 3.33. The number of fused-ring (bicyclic) bond motifs is 1. The predicted molar refractivity (Wildman–Crippen MR) is 118 cm³/mol. The van der Waals surface area contributed by atoms with Gasteiger partial charge in [-0.1, -0.05) is 38.3 Å². The van der Waals surface area contributed by atoms with E-state index in [2.05, 4.69) is 6.92 Å². The van der Waals surface area contributed by atoms with Gasteiger partial charge in [-0.3, -0.25) is 4.79 Å². The maximum Gasteiger partial charge on any atom is 0.338 e. The minimum atomic E-state index is -0.428. The molecule has 0 saturated carbocycles. The first-order valence-corrected chi connectivity index (χ1v) is 10.2. The van der Waals surface area contributed by atoms with E-state index in [1.54, 1.807) is 18.2 Å². The SMILES string of the molecule is CCCCCCC(=O)Oc1cc(N(C)c2cc(=O)oc3ccccc23)ccc1OC. The molecule has 6 nitrogen and oxygen atoms in total. The van der Waals surface area contributed by atoms with Gasteiger partial charge in [0.25, 0.3) is 0 Å². The number of rotatable bonds is 9.